The lowest BCUT2D eigenvalue weighted by Gasteiger charge is -2.39. The minimum absolute atomic E-state index is 0.115. The molecule has 2 saturated heterocycles. The Morgan fingerprint density at radius 2 is 1.67 bits per heavy atom. The van der Waals surface area contributed by atoms with Crippen LogP contribution >= 0.6 is 0 Å². The summed E-state index contributed by atoms with van der Waals surface area (Å²) in [6.45, 7) is 1.68. The van der Waals surface area contributed by atoms with E-state index in [-0.39, 0.29) is 28.7 Å². The second-order valence-corrected chi connectivity index (χ2v) is 11.3. The zero-order valence-corrected chi connectivity index (χ0v) is 23.8. The van der Waals surface area contributed by atoms with Gasteiger partial charge in [-0.15, -0.1) is 0 Å². The molecule has 1 amide bonds. The number of nitrogens with zero attached hydrogens (tertiary/aromatic N) is 4. The van der Waals surface area contributed by atoms with Gasteiger partial charge in [0.05, 0.1) is 0 Å². The molecule has 10 nitrogen and oxygen atoms in total. The van der Waals surface area contributed by atoms with Crippen LogP contribution in [0, 0.1) is 5.41 Å². The van der Waals surface area contributed by atoms with E-state index in [1.54, 1.807) is 50.5 Å². The quantitative estimate of drug-likeness (QED) is 0.367. The number of benzene rings is 2. The first-order valence-corrected chi connectivity index (χ1v) is 13.8. The molecule has 0 bridgehead atoms. The Morgan fingerprint density at radius 1 is 1.07 bits per heavy atom. The molecule has 0 radical (unpaired) electrons. The number of alkyl halides is 3. The maximum absolute atomic E-state index is 14.2. The number of ether oxygens (including phenoxy) is 1. The predicted octanol–water partition coefficient (Wildman–Crippen LogP) is 4.14. The number of nitrogen functional groups attached to an aromatic ring is 1. The van der Waals surface area contributed by atoms with Crippen molar-refractivity contribution in [1.82, 2.24) is 20.2 Å². The Hall–Kier alpha value is -4.39. The van der Waals surface area contributed by atoms with E-state index < -0.39 is 24.3 Å². The molecule has 0 unspecified atom stereocenters. The van der Waals surface area contributed by atoms with Crippen LogP contribution in [0.4, 0.5) is 24.9 Å². The van der Waals surface area contributed by atoms with Crippen LogP contribution in [-0.4, -0.2) is 77.8 Å². The van der Waals surface area contributed by atoms with Crippen molar-refractivity contribution >= 4 is 23.6 Å². The molecule has 4 N–H and O–H groups in total. The van der Waals surface area contributed by atoms with E-state index in [0.29, 0.717) is 55.8 Å². The summed E-state index contributed by atoms with van der Waals surface area (Å²) in [5.74, 6) is -1.18. The number of nitrogens with two attached hydrogens (primary N) is 1. The van der Waals surface area contributed by atoms with Gasteiger partial charge in [0.25, 0.3) is 5.91 Å². The number of piperidine rings is 1. The summed E-state index contributed by atoms with van der Waals surface area (Å²) in [4.78, 5) is 35.0. The van der Waals surface area contributed by atoms with E-state index in [9.17, 15) is 27.9 Å². The Bertz CT molecular complexity index is 1470. The molecular formula is C30H33F3N6O4. The lowest BCUT2D eigenvalue weighted by molar-refractivity contribution is -0.198. The molecule has 0 saturated carbocycles. The molecular weight excluding hydrogens is 565 g/mol. The van der Waals surface area contributed by atoms with Gasteiger partial charge in [-0.05, 0) is 47.9 Å². The zero-order valence-electron chi connectivity index (χ0n) is 23.8. The second kappa shape index (κ2) is 11.7. The fourth-order valence-corrected chi connectivity index (χ4v) is 5.69. The zero-order chi connectivity index (χ0) is 30.9. The number of aromatic nitrogens is 2. The summed E-state index contributed by atoms with van der Waals surface area (Å²) in [6, 6.07) is 13.4. The number of amides is 1. The second-order valence-electron chi connectivity index (χ2n) is 11.3. The number of carbonyl (C=O) groups is 2. The highest BCUT2D eigenvalue weighted by Gasteiger charge is 2.45. The first-order valence-electron chi connectivity index (χ1n) is 13.8. The maximum atomic E-state index is 14.2. The van der Waals surface area contributed by atoms with Gasteiger partial charge in [0.1, 0.15) is 11.9 Å². The number of anilines is 2. The molecule has 3 aromatic rings. The minimum Gasteiger partial charge on any atom is -0.480 e. The smallest absolute Gasteiger partial charge is 0.429 e. The summed E-state index contributed by atoms with van der Waals surface area (Å²) in [5.41, 5.74) is 7.55. The first kappa shape index (κ1) is 30.1. The number of nitrogens with one attached hydrogen (secondary N) is 1. The number of rotatable bonds is 7. The Balaban J connectivity index is 1.30. The number of carboxylic acid groups (broad SMARTS) is 1. The molecule has 2 aliphatic heterocycles. The van der Waals surface area contributed by atoms with Crippen molar-refractivity contribution in [1.29, 1.82) is 0 Å². The molecule has 2 aliphatic rings. The van der Waals surface area contributed by atoms with Crippen molar-refractivity contribution in [3.63, 3.8) is 0 Å². The summed E-state index contributed by atoms with van der Waals surface area (Å²) in [6.07, 6.45) is -5.11. The Labute approximate surface area is 246 Å². The van der Waals surface area contributed by atoms with Gasteiger partial charge in [0.2, 0.25) is 17.9 Å². The summed E-state index contributed by atoms with van der Waals surface area (Å²) < 4.78 is 48.1. The summed E-state index contributed by atoms with van der Waals surface area (Å²) in [7, 11) is 3.31. The van der Waals surface area contributed by atoms with Crippen LogP contribution < -0.4 is 20.7 Å². The van der Waals surface area contributed by atoms with Crippen molar-refractivity contribution in [2.45, 2.75) is 37.6 Å². The van der Waals surface area contributed by atoms with E-state index in [0.717, 1.165) is 5.56 Å². The van der Waals surface area contributed by atoms with Crippen molar-refractivity contribution in [2.75, 3.05) is 44.4 Å². The number of halogens is 3. The van der Waals surface area contributed by atoms with Crippen LogP contribution in [0.5, 0.6) is 5.88 Å². The van der Waals surface area contributed by atoms with E-state index in [1.165, 1.54) is 23.1 Å². The molecule has 13 heteroatoms. The van der Waals surface area contributed by atoms with Gasteiger partial charge in [-0.25, -0.2) is 0 Å². The first-order chi connectivity index (χ1) is 20.3. The molecule has 228 valence electrons. The monoisotopic (exact) mass is 598 g/mol. The van der Waals surface area contributed by atoms with Gasteiger partial charge in [0, 0.05) is 50.9 Å². The third-order valence-corrected chi connectivity index (χ3v) is 8.13. The SMILES string of the molecule is CN(C)C(=O)c1ccc(-c2ccc([C@@H](Oc3cc(N4CCC5(CC4)CN[C@H](C(=O)O)C5)nc(N)n3)C(F)(F)F)cc2)cc1. The molecule has 5 rings (SSSR count). The highest BCUT2D eigenvalue weighted by Crippen LogP contribution is 2.41. The van der Waals surface area contributed by atoms with Crippen LogP contribution in [0.1, 0.15) is 41.3 Å². The number of hydrogen-bond donors (Lipinski definition) is 3. The fourth-order valence-electron chi connectivity index (χ4n) is 5.69. The van der Waals surface area contributed by atoms with Gasteiger partial charge >= 0.3 is 12.1 Å². The lowest BCUT2D eigenvalue weighted by atomic mass is 9.76. The lowest BCUT2D eigenvalue weighted by Crippen LogP contribution is -2.41. The molecule has 43 heavy (non-hydrogen) atoms. The van der Waals surface area contributed by atoms with E-state index >= 15 is 0 Å². The predicted molar refractivity (Wildman–Crippen MR) is 154 cm³/mol. The largest absolute Gasteiger partial charge is 0.480 e. The Kier molecular flexibility index (Phi) is 8.19. The van der Waals surface area contributed by atoms with Crippen molar-refractivity contribution in [3.8, 4) is 17.0 Å². The third kappa shape index (κ3) is 6.66. The van der Waals surface area contributed by atoms with E-state index in [4.69, 9.17) is 10.5 Å². The van der Waals surface area contributed by atoms with Crippen LogP contribution in [0.2, 0.25) is 0 Å². The molecule has 0 aliphatic carbocycles. The van der Waals surface area contributed by atoms with Crippen LogP contribution in [-0.2, 0) is 4.79 Å². The third-order valence-electron chi connectivity index (χ3n) is 8.13. The van der Waals surface area contributed by atoms with E-state index in [2.05, 4.69) is 15.3 Å². The van der Waals surface area contributed by atoms with Crippen LogP contribution in [0.25, 0.3) is 11.1 Å². The van der Waals surface area contributed by atoms with Crippen LogP contribution in [0.15, 0.2) is 54.6 Å². The average Bonchev–Trinajstić information content (AvgIpc) is 3.39. The maximum Gasteiger partial charge on any atom is 0.429 e. The summed E-state index contributed by atoms with van der Waals surface area (Å²) >= 11 is 0. The number of carbonyl (C=O) groups excluding carboxylic acids is 1. The van der Waals surface area contributed by atoms with Crippen LogP contribution in [0.3, 0.4) is 0 Å². The highest BCUT2D eigenvalue weighted by atomic mass is 19.4. The topological polar surface area (TPSA) is 134 Å². The molecule has 1 aromatic heterocycles. The van der Waals surface area contributed by atoms with E-state index in [1.807, 2.05) is 4.90 Å². The Morgan fingerprint density at radius 3 is 2.21 bits per heavy atom. The number of aliphatic carboxylic acids is 1. The standard InChI is InChI=1S/C30H33F3N6O4/c1-38(2)26(40)21-9-5-19(6-10-21)18-3-7-20(8-4-18)25(30(31,32)33)43-24-15-23(36-28(34)37-24)39-13-11-29(12-14-39)16-22(27(41)42)35-17-29/h3-10,15,22,25,35H,11-14,16-17H2,1-2H3,(H,41,42)(H2,34,36,37)/t22-,25+/m0/s1. The molecule has 1 spiro atoms. The van der Waals surface area contributed by atoms with Crippen molar-refractivity contribution < 1.29 is 32.6 Å². The van der Waals surface area contributed by atoms with Gasteiger partial charge in [-0.1, -0.05) is 36.4 Å². The molecule has 2 fully saturated rings. The van der Waals surface area contributed by atoms with Gasteiger partial charge < -0.3 is 30.7 Å². The molecule has 2 aromatic carbocycles. The van der Waals surface area contributed by atoms with Gasteiger partial charge in [-0.2, -0.15) is 23.1 Å². The fraction of sp³-hybridized carbons (Fsp3) is 0.400. The molecule has 2 atom stereocenters. The van der Waals surface area contributed by atoms with Gasteiger partial charge in [-0.3, -0.25) is 9.59 Å². The van der Waals surface area contributed by atoms with Crippen molar-refractivity contribution in [3.05, 3.63) is 65.7 Å². The normalized spacial score (nSPS) is 18.8. The minimum atomic E-state index is -4.75. The van der Waals surface area contributed by atoms with Crippen molar-refractivity contribution in [2.24, 2.45) is 5.41 Å². The summed E-state index contributed by atoms with van der Waals surface area (Å²) in [5, 5.41) is 12.4. The average molecular weight is 599 g/mol. The highest BCUT2D eigenvalue weighted by molar-refractivity contribution is 5.94. The van der Waals surface area contributed by atoms with Gasteiger partial charge in [0.15, 0.2) is 0 Å². The molecule has 3 heterocycles. The number of carboxylic acids is 1. The number of hydrogen-bond acceptors (Lipinski definition) is 8.